The van der Waals surface area contributed by atoms with Crippen LogP contribution in [0.25, 0.3) is 10.4 Å². The molecule has 0 aliphatic rings. The number of nitrogens with zero attached hydrogens (tertiary/aromatic N) is 2. The first-order chi connectivity index (χ1) is 10.3. The van der Waals surface area contributed by atoms with E-state index in [1.165, 1.54) is 27.4 Å². The normalized spacial score (nSPS) is 10.8. The molecule has 108 valence electrons. The molecule has 0 bridgehead atoms. The Hall–Kier alpha value is -2.07. The molecule has 2 heterocycles. The zero-order valence-electron chi connectivity index (χ0n) is 12.3. The van der Waals surface area contributed by atoms with Crippen LogP contribution in [0.1, 0.15) is 18.2 Å². The van der Waals surface area contributed by atoms with Crippen molar-refractivity contribution in [2.24, 2.45) is 7.05 Å². The highest BCUT2D eigenvalue weighted by molar-refractivity contribution is 7.13. The lowest BCUT2D eigenvalue weighted by molar-refractivity contribution is 0.746. The number of anilines is 1. The van der Waals surface area contributed by atoms with Crippen molar-refractivity contribution in [1.29, 1.82) is 0 Å². The van der Waals surface area contributed by atoms with Gasteiger partial charge in [0.2, 0.25) is 0 Å². The summed E-state index contributed by atoms with van der Waals surface area (Å²) < 4.78 is 1.89. The topological polar surface area (TPSA) is 29.9 Å². The van der Waals surface area contributed by atoms with Crippen molar-refractivity contribution in [3.8, 4) is 10.4 Å². The minimum atomic E-state index is 0.805. The van der Waals surface area contributed by atoms with E-state index >= 15 is 0 Å². The lowest BCUT2D eigenvalue weighted by Crippen LogP contribution is -2.02. The smallest absolute Gasteiger partial charge is 0.0671 e. The van der Waals surface area contributed by atoms with Gasteiger partial charge in [-0.2, -0.15) is 5.10 Å². The first-order valence-electron chi connectivity index (χ1n) is 7.16. The van der Waals surface area contributed by atoms with Gasteiger partial charge in [0.05, 0.1) is 5.69 Å². The Balaban J connectivity index is 1.82. The van der Waals surface area contributed by atoms with Crippen LogP contribution in [-0.2, 0) is 20.0 Å². The predicted octanol–water partition coefficient (Wildman–Crippen LogP) is 4.32. The van der Waals surface area contributed by atoms with Gasteiger partial charge in [-0.05, 0) is 23.9 Å². The number of benzene rings is 1. The molecule has 3 aromatic rings. The van der Waals surface area contributed by atoms with Crippen LogP contribution < -0.4 is 5.32 Å². The van der Waals surface area contributed by atoms with Crippen molar-refractivity contribution < 1.29 is 0 Å². The molecule has 0 unspecified atom stereocenters. The Kier molecular flexibility index (Phi) is 4.06. The fourth-order valence-corrected chi connectivity index (χ4v) is 3.27. The molecule has 0 atom stereocenters. The van der Waals surface area contributed by atoms with E-state index in [2.05, 4.69) is 65.3 Å². The quantitative estimate of drug-likeness (QED) is 0.760. The van der Waals surface area contributed by atoms with Gasteiger partial charge in [0.1, 0.15) is 0 Å². The third-order valence-electron chi connectivity index (χ3n) is 3.51. The minimum absolute atomic E-state index is 0.805. The van der Waals surface area contributed by atoms with Crippen LogP contribution in [0.15, 0.2) is 48.0 Å². The van der Waals surface area contributed by atoms with Gasteiger partial charge in [-0.25, -0.2) is 0 Å². The maximum atomic E-state index is 4.49. The number of hydrogen-bond donors (Lipinski definition) is 1. The third kappa shape index (κ3) is 3.00. The SMILES string of the molecule is CCc1nn(C)cc1CNc1ccccc1-c1cccs1. The second kappa shape index (κ2) is 6.14. The highest BCUT2D eigenvalue weighted by Gasteiger charge is 2.08. The number of para-hydroxylation sites is 1. The Morgan fingerprint density at radius 1 is 1.19 bits per heavy atom. The van der Waals surface area contributed by atoms with Crippen LogP contribution in [0.5, 0.6) is 0 Å². The Labute approximate surface area is 129 Å². The van der Waals surface area contributed by atoms with Crippen LogP contribution in [0.3, 0.4) is 0 Å². The molecule has 0 saturated carbocycles. The monoisotopic (exact) mass is 297 g/mol. The standard InChI is InChI=1S/C17H19N3S/c1-3-15-13(12-20(2)19-15)11-18-16-8-5-4-7-14(16)17-9-6-10-21-17/h4-10,12,18H,3,11H2,1-2H3. The second-order valence-corrected chi connectivity index (χ2v) is 5.95. The highest BCUT2D eigenvalue weighted by Crippen LogP contribution is 2.31. The van der Waals surface area contributed by atoms with Crippen molar-refractivity contribution in [2.75, 3.05) is 5.32 Å². The highest BCUT2D eigenvalue weighted by atomic mass is 32.1. The van der Waals surface area contributed by atoms with E-state index in [-0.39, 0.29) is 0 Å². The first kappa shape index (κ1) is 13.9. The molecule has 1 N–H and O–H groups in total. The Morgan fingerprint density at radius 2 is 2.05 bits per heavy atom. The molecule has 0 spiro atoms. The predicted molar refractivity (Wildman–Crippen MR) is 89.7 cm³/mol. The molecule has 0 amide bonds. The first-order valence-corrected chi connectivity index (χ1v) is 8.04. The lowest BCUT2D eigenvalue weighted by atomic mass is 10.1. The number of hydrogen-bond acceptors (Lipinski definition) is 3. The summed E-state index contributed by atoms with van der Waals surface area (Å²) in [6.07, 6.45) is 3.06. The average Bonchev–Trinajstić information content (AvgIpc) is 3.14. The largest absolute Gasteiger partial charge is 0.380 e. The van der Waals surface area contributed by atoms with Gasteiger partial charge in [0, 0.05) is 41.5 Å². The average molecular weight is 297 g/mol. The summed E-state index contributed by atoms with van der Waals surface area (Å²) in [6, 6.07) is 12.7. The molecular formula is C17H19N3S. The number of aryl methyl sites for hydroxylation is 2. The molecule has 3 rings (SSSR count). The number of aromatic nitrogens is 2. The second-order valence-electron chi connectivity index (χ2n) is 5.00. The van der Waals surface area contributed by atoms with Gasteiger partial charge in [-0.15, -0.1) is 11.3 Å². The van der Waals surface area contributed by atoms with Gasteiger partial charge in [-0.1, -0.05) is 31.2 Å². The van der Waals surface area contributed by atoms with Crippen LogP contribution in [0.4, 0.5) is 5.69 Å². The van der Waals surface area contributed by atoms with Gasteiger partial charge in [0.15, 0.2) is 0 Å². The van der Waals surface area contributed by atoms with Crippen molar-refractivity contribution in [1.82, 2.24) is 9.78 Å². The molecule has 0 aliphatic heterocycles. The molecule has 4 heteroatoms. The van der Waals surface area contributed by atoms with Crippen molar-refractivity contribution in [2.45, 2.75) is 19.9 Å². The van der Waals surface area contributed by atoms with E-state index < -0.39 is 0 Å². The zero-order valence-corrected chi connectivity index (χ0v) is 13.2. The summed E-state index contributed by atoms with van der Waals surface area (Å²) in [5.74, 6) is 0. The summed E-state index contributed by atoms with van der Waals surface area (Å²) >= 11 is 1.77. The van der Waals surface area contributed by atoms with Crippen LogP contribution in [-0.4, -0.2) is 9.78 Å². The van der Waals surface area contributed by atoms with E-state index in [0.29, 0.717) is 0 Å². The van der Waals surface area contributed by atoms with Gasteiger partial charge in [-0.3, -0.25) is 4.68 Å². The number of nitrogens with one attached hydrogen (secondary N) is 1. The van der Waals surface area contributed by atoms with Crippen molar-refractivity contribution in [3.63, 3.8) is 0 Å². The number of thiophene rings is 1. The molecule has 0 aliphatic carbocycles. The maximum absolute atomic E-state index is 4.49. The van der Waals surface area contributed by atoms with Gasteiger partial charge >= 0.3 is 0 Å². The van der Waals surface area contributed by atoms with E-state index in [4.69, 9.17) is 0 Å². The van der Waals surface area contributed by atoms with E-state index in [1.54, 1.807) is 11.3 Å². The molecule has 2 aromatic heterocycles. The minimum Gasteiger partial charge on any atom is -0.380 e. The molecule has 0 radical (unpaired) electrons. The van der Waals surface area contributed by atoms with Crippen molar-refractivity contribution >= 4 is 17.0 Å². The summed E-state index contributed by atoms with van der Waals surface area (Å²) in [7, 11) is 1.97. The van der Waals surface area contributed by atoms with Gasteiger partial charge in [0.25, 0.3) is 0 Å². The summed E-state index contributed by atoms with van der Waals surface area (Å²) in [5.41, 5.74) is 4.86. The van der Waals surface area contributed by atoms with E-state index in [0.717, 1.165) is 13.0 Å². The van der Waals surface area contributed by atoms with Crippen LogP contribution in [0.2, 0.25) is 0 Å². The van der Waals surface area contributed by atoms with E-state index in [1.807, 2.05) is 11.7 Å². The van der Waals surface area contributed by atoms with Crippen molar-refractivity contribution in [3.05, 3.63) is 59.2 Å². The Morgan fingerprint density at radius 3 is 2.81 bits per heavy atom. The lowest BCUT2D eigenvalue weighted by Gasteiger charge is -2.10. The fourth-order valence-electron chi connectivity index (χ4n) is 2.50. The van der Waals surface area contributed by atoms with E-state index in [9.17, 15) is 0 Å². The van der Waals surface area contributed by atoms with Crippen LogP contribution >= 0.6 is 11.3 Å². The van der Waals surface area contributed by atoms with Gasteiger partial charge < -0.3 is 5.32 Å². The maximum Gasteiger partial charge on any atom is 0.0671 e. The summed E-state index contributed by atoms with van der Waals surface area (Å²) in [6.45, 7) is 2.95. The number of rotatable bonds is 5. The Bertz CT molecular complexity index is 713. The molecule has 3 nitrogen and oxygen atoms in total. The molecule has 0 saturated heterocycles. The molecule has 21 heavy (non-hydrogen) atoms. The molecular weight excluding hydrogens is 278 g/mol. The molecule has 1 aromatic carbocycles. The zero-order chi connectivity index (χ0) is 14.7. The van der Waals surface area contributed by atoms with Crippen LogP contribution in [0, 0.1) is 0 Å². The molecule has 0 fully saturated rings. The summed E-state index contributed by atoms with van der Waals surface area (Å²) in [5, 5.41) is 10.2. The fraction of sp³-hybridized carbons (Fsp3) is 0.235. The summed E-state index contributed by atoms with van der Waals surface area (Å²) in [4.78, 5) is 1.29. The third-order valence-corrected chi connectivity index (χ3v) is 4.41.